The number of nitrogens with zero attached hydrogens (tertiary/aromatic N) is 3. The molecule has 2 aliphatic heterocycles. The van der Waals surface area contributed by atoms with Crippen molar-refractivity contribution in [3.05, 3.63) is 39.9 Å². The molecule has 29 heavy (non-hydrogen) atoms. The maximum atomic E-state index is 13.0. The average Bonchev–Trinajstić information content (AvgIpc) is 3.40. The second kappa shape index (κ2) is 7.20. The molecular formula is C18H18ClN5O4S. The van der Waals surface area contributed by atoms with E-state index < -0.39 is 17.4 Å². The fraction of sp³-hybridized carbons (Fsp3) is 0.333. The van der Waals surface area contributed by atoms with Crippen molar-refractivity contribution < 1.29 is 19.1 Å². The van der Waals surface area contributed by atoms with E-state index in [1.807, 2.05) is 6.07 Å². The highest BCUT2D eigenvalue weighted by Gasteiger charge is 2.50. The third-order valence-corrected chi connectivity index (χ3v) is 6.44. The van der Waals surface area contributed by atoms with Crippen molar-refractivity contribution in [2.75, 3.05) is 37.0 Å². The van der Waals surface area contributed by atoms with Crippen LogP contribution >= 0.6 is 22.9 Å². The summed E-state index contributed by atoms with van der Waals surface area (Å²) in [5.74, 6) is -0.600. The Morgan fingerprint density at radius 2 is 2.14 bits per heavy atom. The van der Waals surface area contributed by atoms with Gasteiger partial charge in [-0.2, -0.15) is 0 Å². The Bertz CT molecular complexity index is 1010. The van der Waals surface area contributed by atoms with Crippen LogP contribution in [0.2, 0.25) is 5.02 Å². The summed E-state index contributed by atoms with van der Waals surface area (Å²) >= 11 is 7.23. The number of carbonyl (C=O) groups is 3. The van der Waals surface area contributed by atoms with Crippen LogP contribution in [0.15, 0.2) is 24.4 Å². The van der Waals surface area contributed by atoms with Crippen molar-refractivity contribution in [3.8, 4) is 0 Å². The smallest absolute Gasteiger partial charge is 0.409 e. The summed E-state index contributed by atoms with van der Waals surface area (Å²) in [5.41, 5.74) is 6.46. The first kappa shape index (κ1) is 19.5. The highest BCUT2D eigenvalue weighted by atomic mass is 35.5. The summed E-state index contributed by atoms with van der Waals surface area (Å²) in [5, 5.41) is 3.56. The number of amides is 4. The van der Waals surface area contributed by atoms with Crippen molar-refractivity contribution in [3.63, 3.8) is 0 Å². The first-order valence-corrected chi connectivity index (χ1v) is 9.99. The van der Waals surface area contributed by atoms with Gasteiger partial charge in [-0.25, -0.2) is 14.6 Å². The Morgan fingerprint density at radius 1 is 1.34 bits per heavy atom. The highest BCUT2D eigenvalue weighted by molar-refractivity contribution is 7.17. The number of hydrogen-bond acceptors (Lipinski definition) is 6. The van der Waals surface area contributed by atoms with Gasteiger partial charge in [0.2, 0.25) is 0 Å². The normalized spacial score (nSPS) is 20.1. The quantitative estimate of drug-likeness (QED) is 0.751. The highest BCUT2D eigenvalue weighted by Crippen LogP contribution is 2.47. The first-order chi connectivity index (χ1) is 13.8. The van der Waals surface area contributed by atoms with Crippen LogP contribution in [0.3, 0.4) is 0 Å². The fourth-order valence-electron chi connectivity index (χ4n) is 3.93. The minimum atomic E-state index is -0.600. The molecule has 152 valence electrons. The minimum absolute atomic E-state index is 0.259. The molecule has 0 bridgehead atoms. The molecule has 3 heterocycles. The largest absolute Gasteiger partial charge is 0.453 e. The molecule has 1 fully saturated rings. The Kier molecular flexibility index (Phi) is 4.83. The molecule has 9 nitrogen and oxygen atoms in total. The average molecular weight is 436 g/mol. The molecule has 0 radical (unpaired) electrons. The molecule has 4 amide bonds. The predicted molar refractivity (Wildman–Crippen MR) is 109 cm³/mol. The van der Waals surface area contributed by atoms with E-state index >= 15 is 0 Å². The molecule has 2 aromatic rings. The zero-order chi connectivity index (χ0) is 20.8. The molecule has 1 aromatic carbocycles. The van der Waals surface area contributed by atoms with Gasteiger partial charge in [0.05, 0.1) is 13.3 Å². The summed E-state index contributed by atoms with van der Waals surface area (Å²) in [7, 11) is 1.35. The molecule has 11 heteroatoms. The molecule has 0 saturated carbocycles. The Hall–Kier alpha value is -2.85. The molecule has 3 N–H and O–H groups in total. The number of fused-ring (bicyclic) bond motifs is 2. The molecule has 4 rings (SSSR count). The number of ether oxygens (including phenoxy) is 1. The van der Waals surface area contributed by atoms with Crippen LogP contribution in [0.1, 0.15) is 21.7 Å². The van der Waals surface area contributed by atoms with E-state index in [1.54, 1.807) is 21.9 Å². The standard InChI is InChI=1S/C18H18ClN5O4S/c1-28-17(27)23-5-4-18(8-23)9-24(12-3-2-10(19)6-11(12)18)16(26)22-15-21-7-13(29-15)14(20)25/h2-3,6-7H,4-5,8-9H2,1H3,(H2,20,25)(H,21,22,26). The Morgan fingerprint density at radius 3 is 2.83 bits per heavy atom. The fourth-order valence-corrected chi connectivity index (χ4v) is 4.76. The number of benzene rings is 1. The van der Waals surface area contributed by atoms with Crippen molar-refractivity contribution >= 4 is 51.8 Å². The summed E-state index contributed by atoms with van der Waals surface area (Å²) in [4.78, 5) is 43.7. The second-order valence-electron chi connectivity index (χ2n) is 6.99. The van der Waals surface area contributed by atoms with Gasteiger partial charge in [0, 0.05) is 35.8 Å². The van der Waals surface area contributed by atoms with Crippen molar-refractivity contribution in [1.82, 2.24) is 9.88 Å². The first-order valence-electron chi connectivity index (χ1n) is 8.80. The van der Waals surface area contributed by atoms with Crippen LogP contribution in [-0.4, -0.2) is 54.7 Å². The minimum Gasteiger partial charge on any atom is -0.453 e. The molecule has 1 aromatic heterocycles. The van der Waals surface area contributed by atoms with E-state index in [1.165, 1.54) is 13.3 Å². The zero-order valence-corrected chi connectivity index (χ0v) is 17.0. The van der Waals surface area contributed by atoms with Crippen LogP contribution in [-0.2, 0) is 10.2 Å². The van der Waals surface area contributed by atoms with E-state index in [4.69, 9.17) is 22.1 Å². The number of nitrogens with one attached hydrogen (secondary N) is 1. The lowest BCUT2D eigenvalue weighted by Crippen LogP contribution is -2.41. The Labute approximate surface area is 175 Å². The number of nitrogens with two attached hydrogens (primary N) is 1. The molecule has 1 saturated heterocycles. The van der Waals surface area contributed by atoms with E-state index in [9.17, 15) is 14.4 Å². The van der Waals surface area contributed by atoms with E-state index in [0.29, 0.717) is 31.1 Å². The molecular weight excluding hydrogens is 418 g/mol. The molecule has 2 aliphatic rings. The van der Waals surface area contributed by atoms with Gasteiger partial charge in [-0.05, 0) is 30.2 Å². The topological polar surface area (TPSA) is 118 Å². The predicted octanol–water partition coefficient (Wildman–Crippen LogP) is 2.66. The number of hydrogen-bond donors (Lipinski definition) is 2. The number of rotatable bonds is 2. The molecule has 0 aliphatic carbocycles. The number of methoxy groups -OCH3 is 1. The number of primary amides is 1. The Balaban J connectivity index is 1.61. The van der Waals surface area contributed by atoms with E-state index in [-0.39, 0.29) is 16.0 Å². The molecule has 1 atom stereocenters. The van der Waals surface area contributed by atoms with Crippen molar-refractivity contribution in [2.24, 2.45) is 5.73 Å². The summed E-state index contributed by atoms with van der Waals surface area (Å²) in [6, 6.07) is 4.98. The van der Waals surface area contributed by atoms with Crippen LogP contribution in [0.5, 0.6) is 0 Å². The third kappa shape index (κ3) is 3.38. The van der Waals surface area contributed by atoms with Gasteiger partial charge in [-0.15, -0.1) is 0 Å². The molecule has 1 unspecified atom stereocenters. The van der Waals surface area contributed by atoms with Gasteiger partial charge in [-0.1, -0.05) is 22.9 Å². The zero-order valence-electron chi connectivity index (χ0n) is 15.5. The van der Waals surface area contributed by atoms with E-state index in [0.717, 1.165) is 22.6 Å². The van der Waals surface area contributed by atoms with E-state index in [2.05, 4.69) is 10.3 Å². The van der Waals surface area contributed by atoms with Crippen LogP contribution in [0.4, 0.5) is 20.4 Å². The lowest BCUT2D eigenvalue weighted by atomic mass is 9.81. The lowest BCUT2D eigenvalue weighted by molar-refractivity contribution is 0.100. The third-order valence-electron chi connectivity index (χ3n) is 5.28. The maximum Gasteiger partial charge on any atom is 0.409 e. The second-order valence-corrected chi connectivity index (χ2v) is 8.46. The lowest BCUT2D eigenvalue weighted by Gasteiger charge is -2.25. The number of aromatic nitrogens is 1. The van der Waals surface area contributed by atoms with Gasteiger partial charge in [-0.3, -0.25) is 15.0 Å². The summed E-state index contributed by atoms with van der Waals surface area (Å²) in [6.07, 6.45) is 1.62. The summed E-state index contributed by atoms with van der Waals surface area (Å²) in [6.45, 7) is 1.35. The van der Waals surface area contributed by atoms with Gasteiger partial charge in [0.15, 0.2) is 5.13 Å². The monoisotopic (exact) mass is 435 g/mol. The number of likely N-dealkylation sites (tertiary alicyclic amines) is 1. The van der Waals surface area contributed by atoms with Crippen molar-refractivity contribution in [2.45, 2.75) is 11.8 Å². The van der Waals surface area contributed by atoms with Crippen LogP contribution < -0.4 is 16.0 Å². The summed E-state index contributed by atoms with van der Waals surface area (Å²) < 4.78 is 4.85. The van der Waals surface area contributed by atoms with Gasteiger partial charge >= 0.3 is 12.1 Å². The van der Waals surface area contributed by atoms with Gasteiger partial charge in [0.25, 0.3) is 5.91 Å². The number of carbonyl (C=O) groups excluding carboxylic acids is 3. The molecule has 1 spiro atoms. The van der Waals surface area contributed by atoms with Gasteiger partial charge < -0.3 is 15.4 Å². The number of thiazole rings is 1. The van der Waals surface area contributed by atoms with Gasteiger partial charge in [0.1, 0.15) is 4.88 Å². The van der Waals surface area contributed by atoms with Crippen molar-refractivity contribution in [1.29, 1.82) is 0 Å². The number of anilines is 2. The SMILES string of the molecule is COC(=O)N1CCC2(C1)CN(C(=O)Nc1ncc(C(N)=O)s1)c1ccc(Cl)cc12. The maximum absolute atomic E-state index is 13.0. The number of halogens is 1. The van der Waals surface area contributed by atoms with Crippen LogP contribution in [0.25, 0.3) is 0 Å². The number of urea groups is 1. The van der Waals surface area contributed by atoms with Crippen LogP contribution in [0, 0.1) is 0 Å².